The zero-order chi connectivity index (χ0) is 21.3. The zero-order valence-electron chi connectivity index (χ0n) is 16.0. The number of halogens is 1. The molecule has 0 aliphatic rings. The molecule has 4 rings (SSSR count). The van der Waals surface area contributed by atoms with Crippen molar-refractivity contribution < 1.29 is 22.3 Å². The molecule has 0 atom stereocenters. The van der Waals surface area contributed by atoms with Gasteiger partial charge in [-0.2, -0.15) is 13.0 Å². The topological polar surface area (TPSA) is 67.5 Å². The molecule has 2 heterocycles. The summed E-state index contributed by atoms with van der Waals surface area (Å²) < 4.78 is 41.4. The minimum Gasteiger partial charge on any atom is -0.496 e. The molecule has 4 aromatic rings. The summed E-state index contributed by atoms with van der Waals surface area (Å²) in [5, 5.41) is 4.69. The quantitative estimate of drug-likeness (QED) is 0.279. The van der Waals surface area contributed by atoms with Crippen LogP contribution < -0.4 is 9.30 Å². The van der Waals surface area contributed by atoms with E-state index in [1.165, 1.54) is 0 Å². The summed E-state index contributed by atoms with van der Waals surface area (Å²) in [4.78, 5) is 0. The predicted octanol–water partition coefficient (Wildman–Crippen LogP) is 5.51. The highest BCUT2D eigenvalue weighted by atomic mass is 35.5. The van der Waals surface area contributed by atoms with Gasteiger partial charge in [-0.3, -0.25) is 4.55 Å². The van der Waals surface area contributed by atoms with E-state index in [0.29, 0.717) is 18.0 Å². The lowest BCUT2D eigenvalue weighted by atomic mass is 10.2. The van der Waals surface area contributed by atoms with E-state index in [4.69, 9.17) is 20.9 Å². The second kappa shape index (κ2) is 8.64. The van der Waals surface area contributed by atoms with Crippen molar-refractivity contribution in [3.8, 4) is 5.75 Å². The summed E-state index contributed by atoms with van der Waals surface area (Å²) in [7, 11) is -2.35. The number of nitrogens with zero attached hydrogens (tertiary/aromatic N) is 1. The fourth-order valence-corrected chi connectivity index (χ4v) is 6.23. The minimum atomic E-state index is -4.01. The molecule has 0 bridgehead atoms. The molecule has 0 spiro atoms. The van der Waals surface area contributed by atoms with Gasteiger partial charge in [0.25, 0.3) is 15.1 Å². The van der Waals surface area contributed by atoms with E-state index in [9.17, 15) is 8.42 Å². The summed E-state index contributed by atoms with van der Waals surface area (Å²) in [6, 6.07) is 11.6. The van der Waals surface area contributed by atoms with Gasteiger partial charge in [-0.1, -0.05) is 35.1 Å². The number of methoxy groups -OCH3 is 1. The Morgan fingerprint density at radius 2 is 2.07 bits per heavy atom. The third-order valence-corrected chi connectivity index (χ3v) is 7.72. The normalized spacial score (nSPS) is 12.4. The molecule has 5 nitrogen and oxygen atoms in total. The molecule has 0 radical (unpaired) electrons. The van der Waals surface area contributed by atoms with Crippen LogP contribution in [0.3, 0.4) is 0 Å². The Morgan fingerprint density at radius 3 is 2.80 bits per heavy atom. The molecule has 0 saturated heterocycles. The predicted molar refractivity (Wildman–Crippen MR) is 125 cm³/mol. The number of thiophene rings is 1. The molecule has 2 aromatic heterocycles. The van der Waals surface area contributed by atoms with Gasteiger partial charge < -0.3 is 4.74 Å². The largest absolute Gasteiger partial charge is 0.496 e. The first-order valence-corrected chi connectivity index (χ1v) is 12.8. The van der Waals surface area contributed by atoms with Crippen molar-refractivity contribution in [3.05, 3.63) is 57.4 Å². The van der Waals surface area contributed by atoms with Gasteiger partial charge in [-0.15, -0.1) is 11.3 Å². The van der Waals surface area contributed by atoms with Crippen LogP contribution in [0, 0.1) is 0 Å². The second-order valence-electron chi connectivity index (χ2n) is 6.71. The summed E-state index contributed by atoms with van der Waals surface area (Å²) in [5.74, 6) is 0.536. The van der Waals surface area contributed by atoms with Crippen LogP contribution >= 0.6 is 34.3 Å². The van der Waals surface area contributed by atoms with E-state index < -0.39 is 10.1 Å². The Labute approximate surface area is 187 Å². The van der Waals surface area contributed by atoms with Crippen molar-refractivity contribution in [2.75, 3.05) is 12.9 Å². The van der Waals surface area contributed by atoms with Gasteiger partial charge in [0, 0.05) is 29.0 Å². The van der Waals surface area contributed by atoms with E-state index in [1.54, 1.807) is 29.8 Å². The molecule has 2 aromatic carbocycles. The fourth-order valence-electron chi connectivity index (χ4n) is 3.37. The van der Waals surface area contributed by atoms with E-state index in [1.807, 2.05) is 53.9 Å². The van der Waals surface area contributed by atoms with E-state index in [2.05, 4.69) is 4.57 Å². The number of ether oxygens (including phenoxy) is 1. The lowest BCUT2D eigenvalue weighted by Crippen LogP contribution is -2.36. The number of rotatable bonds is 7. The third-order valence-electron chi connectivity index (χ3n) is 4.66. The molecular formula is C21H19ClNO4S3+. The van der Waals surface area contributed by atoms with E-state index in [0.717, 1.165) is 36.6 Å². The van der Waals surface area contributed by atoms with Crippen molar-refractivity contribution >= 4 is 76.8 Å². The number of thiazole rings is 1. The van der Waals surface area contributed by atoms with Gasteiger partial charge >= 0.3 is 0 Å². The molecule has 0 aliphatic heterocycles. The van der Waals surface area contributed by atoms with Gasteiger partial charge in [0.05, 0.1) is 12.9 Å². The Bertz CT molecular complexity index is 1360. The fraction of sp³-hybridized carbons (Fsp3) is 0.190. The molecule has 9 heteroatoms. The van der Waals surface area contributed by atoms with Crippen LogP contribution in [0.15, 0.2) is 41.8 Å². The standard InChI is InChI=1S/C21H18ClNO4S3/c1-27-17-13-18-20(21-16(17)8-10-28-21)23(9-3-11-30(24,25)26)19(29-18)7-6-14-4-2-5-15(22)12-14/h2,4-8,10,12-13H,3,9,11H2,1H3/p+1/b7-6+. The van der Waals surface area contributed by atoms with Crippen molar-refractivity contribution in [3.63, 3.8) is 0 Å². The average Bonchev–Trinajstić information content (AvgIpc) is 3.29. The molecular weight excluding hydrogens is 462 g/mol. The molecule has 0 amide bonds. The molecule has 0 fully saturated rings. The number of hydrogen-bond acceptors (Lipinski definition) is 5. The first-order chi connectivity index (χ1) is 14.4. The van der Waals surface area contributed by atoms with Crippen LogP contribution in [0.1, 0.15) is 17.0 Å². The lowest BCUT2D eigenvalue weighted by molar-refractivity contribution is -0.667. The zero-order valence-corrected chi connectivity index (χ0v) is 19.2. The third kappa shape index (κ3) is 4.53. The maximum absolute atomic E-state index is 11.2. The van der Waals surface area contributed by atoms with Crippen LogP contribution in [0.4, 0.5) is 0 Å². The first-order valence-electron chi connectivity index (χ1n) is 9.15. The number of fused-ring (bicyclic) bond motifs is 3. The Hall–Kier alpha value is -1.97. The van der Waals surface area contributed by atoms with E-state index in [-0.39, 0.29) is 5.75 Å². The highest BCUT2D eigenvalue weighted by Gasteiger charge is 2.24. The van der Waals surface area contributed by atoms with Gasteiger partial charge in [0.2, 0.25) is 5.52 Å². The molecule has 0 unspecified atom stereocenters. The van der Waals surface area contributed by atoms with E-state index >= 15 is 0 Å². The average molecular weight is 481 g/mol. The lowest BCUT2D eigenvalue weighted by Gasteiger charge is -2.02. The number of benzene rings is 2. The van der Waals surface area contributed by atoms with Crippen molar-refractivity contribution in [2.45, 2.75) is 13.0 Å². The van der Waals surface area contributed by atoms with Gasteiger partial charge in [-0.05, 0) is 35.2 Å². The smallest absolute Gasteiger partial charge is 0.265 e. The van der Waals surface area contributed by atoms with Gasteiger partial charge in [0.15, 0.2) is 6.54 Å². The highest BCUT2D eigenvalue weighted by Crippen LogP contribution is 2.38. The highest BCUT2D eigenvalue weighted by molar-refractivity contribution is 7.85. The van der Waals surface area contributed by atoms with Crippen LogP contribution in [-0.2, 0) is 16.7 Å². The van der Waals surface area contributed by atoms with Crippen LogP contribution in [0.2, 0.25) is 5.02 Å². The first kappa shape index (κ1) is 21.3. The molecule has 1 N–H and O–H groups in total. The number of aromatic nitrogens is 1. The minimum absolute atomic E-state index is 0.279. The molecule has 0 aliphatic carbocycles. The summed E-state index contributed by atoms with van der Waals surface area (Å²) >= 11 is 9.33. The number of hydrogen-bond donors (Lipinski definition) is 1. The van der Waals surface area contributed by atoms with Crippen LogP contribution in [0.25, 0.3) is 32.5 Å². The monoisotopic (exact) mass is 480 g/mol. The molecule has 0 saturated carbocycles. The van der Waals surface area contributed by atoms with Gasteiger partial charge in [-0.25, -0.2) is 0 Å². The van der Waals surface area contributed by atoms with Crippen LogP contribution in [-0.4, -0.2) is 25.8 Å². The second-order valence-corrected chi connectivity index (χ2v) is 10.7. The molecule has 30 heavy (non-hydrogen) atoms. The SMILES string of the molecule is COc1cc2sc(/C=C/c3cccc(Cl)c3)[n+](CCCS(=O)(=O)O)c2c2sccc12. The Balaban J connectivity index is 1.84. The number of aryl methyl sites for hydroxylation is 1. The summed E-state index contributed by atoms with van der Waals surface area (Å²) in [5.41, 5.74) is 2.02. The van der Waals surface area contributed by atoms with Crippen molar-refractivity contribution in [2.24, 2.45) is 0 Å². The maximum atomic E-state index is 11.2. The van der Waals surface area contributed by atoms with Crippen molar-refractivity contribution in [1.82, 2.24) is 0 Å². The van der Waals surface area contributed by atoms with Gasteiger partial charge in [0.1, 0.15) is 15.1 Å². The van der Waals surface area contributed by atoms with Crippen LogP contribution in [0.5, 0.6) is 5.75 Å². The summed E-state index contributed by atoms with van der Waals surface area (Å²) in [6.07, 6.45) is 4.31. The summed E-state index contributed by atoms with van der Waals surface area (Å²) in [6.45, 7) is 0.467. The maximum Gasteiger partial charge on any atom is 0.265 e. The molecule has 156 valence electrons. The Morgan fingerprint density at radius 1 is 1.23 bits per heavy atom. The Kier molecular flexibility index (Phi) is 6.13. The van der Waals surface area contributed by atoms with Crippen molar-refractivity contribution in [1.29, 1.82) is 0 Å².